The van der Waals surface area contributed by atoms with Crippen molar-refractivity contribution in [3.63, 3.8) is 0 Å². The molecule has 1 aromatic heterocycles. The van der Waals surface area contributed by atoms with Crippen molar-refractivity contribution in [1.29, 1.82) is 0 Å². The van der Waals surface area contributed by atoms with Crippen LogP contribution >= 0.6 is 0 Å². The third-order valence-corrected chi connectivity index (χ3v) is 4.14. The van der Waals surface area contributed by atoms with Gasteiger partial charge in [0.2, 0.25) is 0 Å². The predicted octanol–water partition coefficient (Wildman–Crippen LogP) is 3.46. The minimum absolute atomic E-state index is 0.203. The van der Waals surface area contributed by atoms with Gasteiger partial charge in [0.15, 0.2) is 0 Å². The number of carboxylic acid groups (broad SMARTS) is 1. The first kappa shape index (κ1) is 12.3. The molecule has 0 saturated heterocycles. The average molecular weight is 257 g/mol. The first-order valence-corrected chi connectivity index (χ1v) is 7.02. The van der Waals surface area contributed by atoms with E-state index in [0.29, 0.717) is 6.42 Å². The standard InChI is InChI=1S/C16H19NO2/c18-16(19)7-5-12-4-6-15-14(10-12)8-9-17(15)11-13-2-1-3-13/h4,6,8-10,13H,1-3,5,7,11H2,(H,18,19). The maximum Gasteiger partial charge on any atom is 0.303 e. The van der Waals surface area contributed by atoms with Gasteiger partial charge < -0.3 is 9.67 Å². The molecule has 1 N–H and O–H groups in total. The summed E-state index contributed by atoms with van der Waals surface area (Å²) in [5.41, 5.74) is 2.38. The second kappa shape index (κ2) is 5.08. The Morgan fingerprint density at radius 2 is 2.16 bits per heavy atom. The highest BCUT2D eigenvalue weighted by Gasteiger charge is 2.18. The molecule has 1 heterocycles. The van der Waals surface area contributed by atoms with E-state index in [1.165, 1.54) is 30.2 Å². The Balaban J connectivity index is 1.78. The molecule has 0 amide bonds. The van der Waals surface area contributed by atoms with E-state index in [1.54, 1.807) is 0 Å². The van der Waals surface area contributed by atoms with E-state index in [9.17, 15) is 4.79 Å². The number of nitrogens with zero attached hydrogens (tertiary/aromatic N) is 1. The molecule has 0 aliphatic heterocycles. The van der Waals surface area contributed by atoms with Crippen LogP contribution in [-0.4, -0.2) is 15.6 Å². The van der Waals surface area contributed by atoms with Gasteiger partial charge in [-0.25, -0.2) is 0 Å². The molecule has 2 aromatic rings. The SMILES string of the molecule is O=C(O)CCc1ccc2c(ccn2CC2CCC2)c1. The van der Waals surface area contributed by atoms with Crippen molar-refractivity contribution in [2.24, 2.45) is 5.92 Å². The van der Waals surface area contributed by atoms with Gasteiger partial charge in [-0.2, -0.15) is 0 Å². The minimum Gasteiger partial charge on any atom is -0.481 e. The molecule has 3 rings (SSSR count). The van der Waals surface area contributed by atoms with Crippen molar-refractivity contribution in [3.05, 3.63) is 36.0 Å². The summed E-state index contributed by atoms with van der Waals surface area (Å²) >= 11 is 0. The molecule has 19 heavy (non-hydrogen) atoms. The monoisotopic (exact) mass is 257 g/mol. The van der Waals surface area contributed by atoms with Crippen molar-refractivity contribution in [1.82, 2.24) is 4.57 Å². The third kappa shape index (κ3) is 2.65. The lowest BCUT2D eigenvalue weighted by atomic mass is 9.85. The fourth-order valence-electron chi connectivity index (χ4n) is 2.77. The van der Waals surface area contributed by atoms with Crippen LogP contribution in [0.2, 0.25) is 0 Å². The Hall–Kier alpha value is -1.77. The topological polar surface area (TPSA) is 42.2 Å². The van der Waals surface area contributed by atoms with Crippen LogP contribution in [-0.2, 0) is 17.8 Å². The molecular formula is C16H19NO2. The van der Waals surface area contributed by atoms with Crippen molar-refractivity contribution >= 4 is 16.9 Å². The van der Waals surface area contributed by atoms with Crippen LogP contribution in [0, 0.1) is 5.92 Å². The van der Waals surface area contributed by atoms with Crippen LogP contribution in [0.3, 0.4) is 0 Å². The number of rotatable bonds is 5. The summed E-state index contributed by atoms with van der Waals surface area (Å²) in [4.78, 5) is 10.6. The van der Waals surface area contributed by atoms with E-state index in [-0.39, 0.29) is 6.42 Å². The van der Waals surface area contributed by atoms with Crippen molar-refractivity contribution in [3.8, 4) is 0 Å². The molecule has 1 fully saturated rings. The Labute approximate surface area is 112 Å². The van der Waals surface area contributed by atoms with E-state index in [2.05, 4.69) is 35.0 Å². The van der Waals surface area contributed by atoms with Gasteiger partial charge in [0.05, 0.1) is 0 Å². The van der Waals surface area contributed by atoms with Crippen molar-refractivity contribution in [2.45, 2.75) is 38.6 Å². The summed E-state index contributed by atoms with van der Waals surface area (Å²) in [6.45, 7) is 1.12. The number of carbonyl (C=O) groups is 1. The molecular weight excluding hydrogens is 238 g/mol. The number of aliphatic carboxylic acids is 1. The molecule has 0 unspecified atom stereocenters. The predicted molar refractivity (Wildman–Crippen MR) is 75.2 cm³/mol. The molecule has 0 bridgehead atoms. The van der Waals surface area contributed by atoms with Crippen LogP contribution in [0.4, 0.5) is 0 Å². The summed E-state index contributed by atoms with van der Waals surface area (Å²) < 4.78 is 2.33. The largest absolute Gasteiger partial charge is 0.481 e. The zero-order valence-electron chi connectivity index (χ0n) is 11.0. The van der Waals surface area contributed by atoms with Gasteiger partial charge in [-0.05, 0) is 54.3 Å². The van der Waals surface area contributed by atoms with E-state index in [1.807, 2.05) is 0 Å². The number of hydrogen-bond donors (Lipinski definition) is 1. The summed E-state index contributed by atoms with van der Waals surface area (Å²) in [6, 6.07) is 8.45. The molecule has 0 spiro atoms. The van der Waals surface area contributed by atoms with Crippen LogP contribution < -0.4 is 0 Å². The van der Waals surface area contributed by atoms with Gasteiger partial charge in [-0.15, -0.1) is 0 Å². The normalized spacial score (nSPS) is 15.6. The summed E-state index contributed by atoms with van der Waals surface area (Å²) in [5.74, 6) is 0.116. The highest BCUT2D eigenvalue weighted by atomic mass is 16.4. The van der Waals surface area contributed by atoms with Crippen LogP contribution in [0.5, 0.6) is 0 Å². The third-order valence-electron chi connectivity index (χ3n) is 4.14. The van der Waals surface area contributed by atoms with E-state index in [0.717, 1.165) is 18.0 Å². The average Bonchev–Trinajstić information content (AvgIpc) is 2.73. The van der Waals surface area contributed by atoms with Gasteiger partial charge in [0, 0.05) is 24.7 Å². The highest BCUT2D eigenvalue weighted by molar-refractivity contribution is 5.81. The Morgan fingerprint density at radius 1 is 1.32 bits per heavy atom. The lowest BCUT2D eigenvalue weighted by Crippen LogP contribution is -2.17. The lowest BCUT2D eigenvalue weighted by Gasteiger charge is -2.26. The lowest BCUT2D eigenvalue weighted by molar-refractivity contribution is -0.136. The van der Waals surface area contributed by atoms with Gasteiger partial charge in [0.1, 0.15) is 0 Å². The van der Waals surface area contributed by atoms with Gasteiger partial charge >= 0.3 is 5.97 Å². The zero-order chi connectivity index (χ0) is 13.2. The zero-order valence-corrected chi connectivity index (χ0v) is 11.0. The summed E-state index contributed by atoms with van der Waals surface area (Å²) in [7, 11) is 0. The number of fused-ring (bicyclic) bond motifs is 1. The Kier molecular flexibility index (Phi) is 3.28. The molecule has 1 aliphatic rings. The fraction of sp³-hybridized carbons (Fsp3) is 0.438. The second-order valence-electron chi connectivity index (χ2n) is 5.55. The number of carboxylic acids is 1. The Bertz CT molecular complexity index is 596. The summed E-state index contributed by atoms with van der Waals surface area (Å²) in [5, 5.41) is 9.95. The Morgan fingerprint density at radius 3 is 2.84 bits per heavy atom. The van der Waals surface area contributed by atoms with E-state index >= 15 is 0 Å². The number of aromatic nitrogens is 1. The fourth-order valence-corrected chi connectivity index (χ4v) is 2.77. The second-order valence-corrected chi connectivity index (χ2v) is 5.55. The highest BCUT2D eigenvalue weighted by Crippen LogP contribution is 2.29. The van der Waals surface area contributed by atoms with Crippen molar-refractivity contribution < 1.29 is 9.90 Å². The van der Waals surface area contributed by atoms with Gasteiger partial charge in [-0.1, -0.05) is 12.5 Å². The smallest absolute Gasteiger partial charge is 0.303 e. The molecule has 3 heteroatoms. The molecule has 1 aromatic carbocycles. The van der Waals surface area contributed by atoms with E-state index in [4.69, 9.17) is 5.11 Å². The molecule has 100 valence electrons. The first-order chi connectivity index (χ1) is 9.22. The van der Waals surface area contributed by atoms with Gasteiger partial charge in [0.25, 0.3) is 0 Å². The van der Waals surface area contributed by atoms with Crippen molar-refractivity contribution in [2.75, 3.05) is 0 Å². The summed E-state index contributed by atoms with van der Waals surface area (Å²) in [6.07, 6.45) is 7.06. The maximum atomic E-state index is 10.6. The van der Waals surface area contributed by atoms with Crippen LogP contribution in [0.25, 0.3) is 10.9 Å². The molecule has 3 nitrogen and oxygen atoms in total. The maximum absolute atomic E-state index is 10.6. The van der Waals surface area contributed by atoms with Crippen LogP contribution in [0.15, 0.2) is 30.5 Å². The number of benzene rings is 1. The first-order valence-electron chi connectivity index (χ1n) is 7.02. The molecule has 0 radical (unpaired) electrons. The van der Waals surface area contributed by atoms with Crippen LogP contribution in [0.1, 0.15) is 31.2 Å². The number of aryl methyl sites for hydroxylation is 1. The minimum atomic E-state index is -0.734. The van der Waals surface area contributed by atoms with Gasteiger partial charge in [-0.3, -0.25) is 4.79 Å². The molecule has 0 atom stereocenters. The molecule has 1 saturated carbocycles. The van der Waals surface area contributed by atoms with E-state index < -0.39 is 5.97 Å². The number of hydrogen-bond acceptors (Lipinski definition) is 1. The quantitative estimate of drug-likeness (QED) is 0.891. The molecule has 1 aliphatic carbocycles.